The van der Waals surface area contributed by atoms with Gasteiger partial charge < -0.3 is 9.73 Å². The number of amides is 1. The lowest BCUT2D eigenvalue weighted by Crippen LogP contribution is -2.27. The van der Waals surface area contributed by atoms with E-state index in [4.69, 9.17) is 21.0 Å². The van der Waals surface area contributed by atoms with Gasteiger partial charge >= 0.3 is 0 Å². The van der Waals surface area contributed by atoms with Gasteiger partial charge in [0.1, 0.15) is 5.76 Å². The van der Waals surface area contributed by atoms with Crippen LogP contribution in [0.2, 0.25) is 5.02 Å². The number of halogens is 1. The first-order valence-electron chi connectivity index (χ1n) is 12.1. The van der Waals surface area contributed by atoms with Crippen LogP contribution in [0.4, 0.5) is 0 Å². The van der Waals surface area contributed by atoms with Crippen molar-refractivity contribution >= 4 is 39.9 Å². The predicted molar refractivity (Wildman–Crippen MR) is 140 cm³/mol. The van der Waals surface area contributed by atoms with Gasteiger partial charge in [-0.05, 0) is 73.4 Å². The Bertz CT molecular complexity index is 1220. The largest absolute Gasteiger partial charge is 0.437 e. The summed E-state index contributed by atoms with van der Waals surface area (Å²) in [5, 5.41) is 3.95. The zero-order valence-corrected chi connectivity index (χ0v) is 21.9. The van der Waals surface area contributed by atoms with Gasteiger partial charge in [-0.1, -0.05) is 31.9 Å². The Morgan fingerprint density at radius 1 is 1.34 bits per heavy atom. The van der Waals surface area contributed by atoms with E-state index in [1.165, 1.54) is 0 Å². The quantitative estimate of drug-likeness (QED) is 0.297. The van der Waals surface area contributed by atoms with Crippen molar-refractivity contribution in [3.8, 4) is 11.3 Å². The van der Waals surface area contributed by atoms with Crippen LogP contribution in [0.5, 0.6) is 0 Å². The fraction of sp³-hybridized carbons (Fsp3) is 0.462. The number of nitrogens with zero attached hydrogens (tertiary/aromatic N) is 2. The number of carbonyl (C=O) groups excluding carboxylic acids is 1. The van der Waals surface area contributed by atoms with E-state index >= 15 is 0 Å². The van der Waals surface area contributed by atoms with Crippen molar-refractivity contribution < 1.29 is 18.0 Å². The molecule has 2 aromatic heterocycles. The molecular weight excluding hydrogens is 486 g/mol. The molecular formula is C26H32ClN3O4S. The molecule has 0 aliphatic heterocycles. The summed E-state index contributed by atoms with van der Waals surface area (Å²) in [6, 6.07) is 9.10. The zero-order chi connectivity index (χ0) is 25.1. The zero-order valence-electron chi connectivity index (χ0n) is 20.3. The van der Waals surface area contributed by atoms with E-state index in [1.54, 1.807) is 23.5 Å². The van der Waals surface area contributed by atoms with E-state index in [2.05, 4.69) is 19.2 Å². The first kappa shape index (κ1) is 25.8. The van der Waals surface area contributed by atoms with Crippen molar-refractivity contribution in [3.05, 3.63) is 52.2 Å². The molecule has 3 aromatic rings. The van der Waals surface area contributed by atoms with E-state index < -0.39 is 11.3 Å². The molecule has 188 valence electrons. The fourth-order valence-electron chi connectivity index (χ4n) is 4.30. The summed E-state index contributed by atoms with van der Waals surface area (Å²) < 4.78 is 29.8. The summed E-state index contributed by atoms with van der Waals surface area (Å²) in [7, 11) is 1.59. The predicted octanol–water partition coefficient (Wildman–Crippen LogP) is 6.15. The number of fused-ring (bicyclic) bond motifs is 1. The summed E-state index contributed by atoms with van der Waals surface area (Å²) in [5.74, 6) is 1.09. The first-order valence-corrected chi connectivity index (χ1v) is 13.6. The molecule has 1 aliphatic carbocycles. The maximum Gasteiger partial charge on any atom is 0.255 e. The maximum absolute atomic E-state index is 12.9. The second kappa shape index (κ2) is 11.2. The molecule has 1 aromatic carbocycles. The van der Waals surface area contributed by atoms with Crippen molar-refractivity contribution in [1.82, 2.24) is 14.6 Å². The second-order valence-electron chi connectivity index (χ2n) is 9.29. The summed E-state index contributed by atoms with van der Waals surface area (Å²) in [6.07, 6.45) is 5.00. The van der Waals surface area contributed by atoms with Crippen LogP contribution in [0.15, 0.2) is 34.7 Å². The van der Waals surface area contributed by atoms with Crippen molar-refractivity contribution in [2.45, 2.75) is 58.4 Å². The minimum absolute atomic E-state index is 0.248. The van der Waals surface area contributed by atoms with Gasteiger partial charge in [0.25, 0.3) is 5.91 Å². The summed E-state index contributed by atoms with van der Waals surface area (Å²) in [5.41, 5.74) is 3.25. The first-order chi connectivity index (χ1) is 16.8. The molecule has 1 amide bonds. The van der Waals surface area contributed by atoms with E-state index in [1.807, 2.05) is 18.2 Å². The molecule has 35 heavy (non-hydrogen) atoms. The third-order valence-corrected chi connectivity index (χ3v) is 7.73. The lowest BCUT2D eigenvalue weighted by Gasteiger charge is -2.19. The Morgan fingerprint density at radius 3 is 2.66 bits per heavy atom. The number of hydrogen-bond donors (Lipinski definition) is 2. The minimum atomic E-state index is -2.11. The number of pyridine rings is 1. The number of aromatic nitrogens is 1. The van der Waals surface area contributed by atoms with Gasteiger partial charge in [-0.15, -0.1) is 0 Å². The van der Waals surface area contributed by atoms with Gasteiger partial charge in [-0.2, -0.15) is 4.31 Å². The normalized spacial score (nSPS) is 15.5. The van der Waals surface area contributed by atoms with Crippen LogP contribution in [0.3, 0.4) is 0 Å². The van der Waals surface area contributed by atoms with Crippen molar-refractivity contribution in [3.63, 3.8) is 0 Å². The van der Waals surface area contributed by atoms with Gasteiger partial charge in [-0.3, -0.25) is 9.35 Å². The summed E-state index contributed by atoms with van der Waals surface area (Å²) in [4.78, 5) is 17.7. The lowest BCUT2D eigenvalue weighted by molar-refractivity contribution is 0.0964. The number of benzene rings is 1. The highest BCUT2D eigenvalue weighted by Gasteiger charge is 2.31. The van der Waals surface area contributed by atoms with Crippen LogP contribution in [0.1, 0.15) is 73.5 Å². The molecule has 4 rings (SSSR count). The van der Waals surface area contributed by atoms with Gasteiger partial charge in [-0.25, -0.2) is 9.19 Å². The third kappa shape index (κ3) is 5.94. The SMILES string of the molecule is CCC(C)CCCN(Cc1nc2oc(-c3ccc(Cl)cc3)c(C(=O)NC)c2cc1C1CC1)S(=O)O. The highest BCUT2D eigenvalue weighted by Crippen LogP contribution is 2.44. The maximum atomic E-state index is 12.9. The van der Waals surface area contributed by atoms with Crippen LogP contribution in [0.25, 0.3) is 22.4 Å². The molecule has 0 spiro atoms. The highest BCUT2D eigenvalue weighted by molar-refractivity contribution is 7.76. The smallest absolute Gasteiger partial charge is 0.255 e. The van der Waals surface area contributed by atoms with Crippen LogP contribution in [-0.4, -0.2) is 37.6 Å². The molecule has 2 heterocycles. The standard InChI is InChI=1S/C26H32ClN3O4S/c1-4-16(2)6-5-13-30(35(32)33)15-22-20(17-7-8-17)14-21-23(25(31)28-3)24(34-26(21)29-22)18-9-11-19(27)12-10-18/h9-12,14,16-17H,4-8,13,15H2,1-3H3,(H,28,31)(H,32,33). The van der Waals surface area contributed by atoms with Crippen LogP contribution < -0.4 is 5.32 Å². The fourth-order valence-corrected chi connectivity index (χ4v) is 4.95. The molecule has 2 unspecified atom stereocenters. The Kier molecular flexibility index (Phi) is 8.27. The van der Waals surface area contributed by atoms with E-state index in [9.17, 15) is 13.6 Å². The number of rotatable bonds is 11. The molecule has 7 nitrogen and oxygen atoms in total. The molecule has 0 saturated heterocycles. The van der Waals surface area contributed by atoms with Gasteiger partial charge in [0.2, 0.25) is 17.0 Å². The Labute approximate surface area is 213 Å². The monoisotopic (exact) mass is 517 g/mol. The molecule has 0 radical (unpaired) electrons. The van der Waals surface area contributed by atoms with E-state index in [0.717, 1.165) is 48.9 Å². The van der Waals surface area contributed by atoms with Crippen molar-refractivity contribution in [1.29, 1.82) is 0 Å². The third-order valence-electron chi connectivity index (χ3n) is 6.72. The molecule has 1 saturated carbocycles. The van der Waals surface area contributed by atoms with Crippen LogP contribution in [0, 0.1) is 5.92 Å². The number of hydrogen-bond acceptors (Lipinski definition) is 4. The molecule has 2 N–H and O–H groups in total. The Morgan fingerprint density at radius 2 is 2.06 bits per heavy atom. The average Bonchev–Trinajstić information content (AvgIpc) is 3.63. The number of carbonyl (C=O) groups is 1. The highest BCUT2D eigenvalue weighted by atomic mass is 35.5. The molecule has 1 fully saturated rings. The van der Waals surface area contributed by atoms with Crippen molar-refractivity contribution in [2.75, 3.05) is 13.6 Å². The average molecular weight is 518 g/mol. The number of furan rings is 1. The number of nitrogens with one attached hydrogen (secondary N) is 1. The van der Waals surface area contributed by atoms with Crippen molar-refractivity contribution in [2.24, 2.45) is 5.92 Å². The Balaban J connectivity index is 1.74. The minimum Gasteiger partial charge on any atom is -0.437 e. The molecule has 0 bridgehead atoms. The summed E-state index contributed by atoms with van der Waals surface area (Å²) >= 11 is 3.95. The van der Waals surface area contributed by atoms with E-state index in [-0.39, 0.29) is 12.5 Å². The second-order valence-corrected chi connectivity index (χ2v) is 10.7. The topological polar surface area (TPSA) is 95.7 Å². The molecule has 1 aliphatic rings. The van der Waals surface area contributed by atoms with Gasteiger partial charge in [0.15, 0.2) is 0 Å². The Hall–Kier alpha value is -2.26. The van der Waals surface area contributed by atoms with Gasteiger partial charge in [0, 0.05) is 24.2 Å². The van der Waals surface area contributed by atoms with E-state index in [0.29, 0.717) is 45.8 Å². The summed E-state index contributed by atoms with van der Waals surface area (Å²) in [6.45, 7) is 5.11. The molecule has 2 atom stereocenters. The lowest BCUT2D eigenvalue weighted by atomic mass is 10.0. The van der Waals surface area contributed by atoms with Gasteiger partial charge in [0.05, 0.1) is 23.2 Å². The van der Waals surface area contributed by atoms with Crippen LogP contribution in [-0.2, 0) is 17.8 Å². The molecule has 9 heteroatoms. The van der Waals surface area contributed by atoms with Crippen LogP contribution >= 0.6 is 11.6 Å².